The van der Waals surface area contributed by atoms with Gasteiger partial charge in [-0.25, -0.2) is 0 Å². The number of rotatable bonds is 4. The molecule has 0 bridgehead atoms. The van der Waals surface area contributed by atoms with Gasteiger partial charge in [-0.3, -0.25) is 4.79 Å². The second kappa shape index (κ2) is 4.85. The quantitative estimate of drug-likeness (QED) is 0.838. The minimum atomic E-state index is -0.397. The summed E-state index contributed by atoms with van der Waals surface area (Å²) in [6.45, 7) is 8.48. The Labute approximate surface area is 125 Å². The SMILES string of the molecule is CC1(C)C(C(=O)NC(C(N)=S)c2ccccc2)C1(C)C. The first-order valence-electron chi connectivity index (χ1n) is 6.84. The first-order chi connectivity index (χ1) is 9.19. The van der Waals surface area contributed by atoms with E-state index in [1.54, 1.807) is 0 Å². The number of thiocarbonyl (C=S) groups is 1. The highest BCUT2D eigenvalue weighted by Gasteiger charge is 2.68. The van der Waals surface area contributed by atoms with Gasteiger partial charge in [0.2, 0.25) is 5.91 Å². The Bertz CT molecular complexity index is 523. The summed E-state index contributed by atoms with van der Waals surface area (Å²) in [4.78, 5) is 12.8. The summed E-state index contributed by atoms with van der Waals surface area (Å²) in [5, 5.41) is 3.00. The van der Waals surface area contributed by atoms with E-state index in [0.29, 0.717) is 4.99 Å². The second-order valence-electron chi connectivity index (χ2n) is 6.63. The van der Waals surface area contributed by atoms with Crippen molar-refractivity contribution >= 4 is 23.1 Å². The van der Waals surface area contributed by atoms with Gasteiger partial charge >= 0.3 is 0 Å². The van der Waals surface area contributed by atoms with Crippen LogP contribution in [0.15, 0.2) is 30.3 Å². The standard InChI is InChI=1S/C16H22N2OS/c1-15(2)12(16(15,3)4)14(19)18-11(13(17)20)10-8-6-5-7-9-10/h5-9,11-12H,1-4H3,(H2,17,20)(H,18,19). The van der Waals surface area contributed by atoms with E-state index in [0.717, 1.165) is 5.56 Å². The van der Waals surface area contributed by atoms with Crippen molar-refractivity contribution in [1.29, 1.82) is 0 Å². The molecular weight excluding hydrogens is 268 g/mol. The van der Waals surface area contributed by atoms with Gasteiger partial charge < -0.3 is 11.1 Å². The van der Waals surface area contributed by atoms with Crippen molar-refractivity contribution in [2.75, 3.05) is 0 Å². The summed E-state index contributed by atoms with van der Waals surface area (Å²) in [6.07, 6.45) is 0. The molecule has 0 aliphatic heterocycles. The molecule has 0 saturated heterocycles. The summed E-state index contributed by atoms with van der Waals surface area (Å²) < 4.78 is 0. The van der Waals surface area contributed by atoms with Crippen molar-refractivity contribution in [1.82, 2.24) is 5.32 Å². The fourth-order valence-electron chi connectivity index (χ4n) is 3.04. The number of carbonyl (C=O) groups excluding carboxylic acids is 1. The molecule has 1 amide bonds. The molecule has 3 N–H and O–H groups in total. The lowest BCUT2D eigenvalue weighted by atomic mass is 10.0. The zero-order valence-corrected chi connectivity index (χ0v) is 13.3. The Balaban J connectivity index is 2.16. The monoisotopic (exact) mass is 290 g/mol. The van der Waals surface area contributed by atoms with Crippen LogP contribution in [0.1, 0.15) is 39.3 Å². The highest BCUT2D eigenvalue weighted by molar-refractivity contribution is 7.80. The van der Waals surface area contributed by atoms with E-state index < -0.39 is 6.04 Å². The third-order valence-corrected chi connectivity index (χ3v) is 5.22. The maximum absolute atomic E-state index is 12.5. The van der Waals surface area contributed by atoms with Gasteiger partial charge in [-0.15, -0.1) is 0 Å². The lowest BCUT2D eigenvalue weighted by Crippen LogP contribution is -2.38. The molecule has 20 heavy (non-hydrogen) atoms. The average Bonchev–Trinajstić information content (AvgIpc) is 2.77. The van der Waals surface area contributed by atoms with Gasteiger partial charge in [0.1, 0.15) is 11.0 Å². The van der Waals surface area contributed by atoms with Crippen molar-refractivity contribution < 1.29 is 4.79 Å². The number of hydrogen-bond donors (Lipinski definition) is 2. The molecule has 1 aromatic rings. The van der Waals surface area contributed by atoms with Crippen LogP contribution in [0.4, 0.5) is 0 Å². The van der Waals surface area contributed by atoms with E-state index in [2.05, 4.69) is 33.0 Å². The number of amides is 1. The van der Waals surface area contributed by atoms with Crippen LogP contribution in [0.2, 0.25) is 0 Å². The van der Waals surface area contributed by atoms with Gasteiger partial charge in [-0.1, -0.05) is 70.2 Å². The lowest BCUT2D eigenvalue weighted by molar-refractivity contribution is -0.123. The maximum atomic E-state index is 12.5. The molecule has 0 spiro atoms. The fraction of sp³-hybridized carbons (Fsp3) is 0.500. The Hall–Kier alpha value is -1.42. The molecule has 2 rings (SSSR count). The Morgan fingerprint density at radius 3 is 2.10 bits per heavy atom. The van der Waals surface area contributed by atoms with E-state index in [1.165, 1.54) is 0 Å². The van der Waals surface area contributed by atoms with E-state index >= 15 is 0 Å². The zero-order chi connectivity index (χ0) is 15.1. The van der Waals surface area contributed by atoms with E-state index in [-0.39, 0.29) is 22.7 Å². The minimum absolute atomic E-state index is 0.00411. The van der Waals surface area contributed by atoms with Crippen LogP contribution in [0.3, 0.4) is 0 Å². The topological polar surface area (TPSA) is 55.1 Å². The van der Waals surface area contributed by atoms with Crippen molar-refractivity contribution in [3.05, 3.63) is 35.9 Å². The van der Waals surface area contributed by atoms with Gasteiger partial charge in [-0.05, 0) is 16.4 Å². The highest BCUT2D eigenvalue weighted by atomic mass is 32.1. The molecule has 1 aromatic carbocycles. The molecule has 0 aromatic heterocycles. The summed E-state index contributed by atoms with van der Waals surface area (Å²) in [5.74, 6) is 0.0252. The first-order valence-corrected chi connectivity index (χ1v) is 7.25. The van der Waals surface area contributed by atoms with E-state index in [1.807, 2.05) is 30.3 Å². The Kier molecular flexibility index (Phi) is 3.63. The highest BCUT2D eigenvalue weighted by Crippen LogP contribution is 2.68. The van der Waals surface area contributed by atoms with Gasteiger partial charge in [0.05, 0.1) is 0 Å². The van der Waals surface area contributed by atoms with Gasteiger partial charge in [0.25, 0.3) is 0 Å². The van der Waals surface area contributed by atoms with Crippen molar-refractivity contribution in [3.8, 4) is 0 Å². The van der Waals surface area contributed by atoms with Crippen LogP contribution in [-0.2, 0) is 4.79 Å². The molecule has 0 heterocycles. The number of nitrogens with one attached hydrogen (secondary N) is 1. The van der Waals surface area contributed by atoms with Crippen LogP contribution < -0.4 is 11.1 Å². The number of benzene rings is 1. The van der Waals surface area contributed by atoms with Crippen molar-refractivity contribution in [3.63, 3.8) is 0 Å². The second-order valence-corrected chi connectivity index (χ2v) is 7.10. The molecule has 108 valence electrons. The smallest absolute Gasteiger partial charge is 0.225 e. The molecule has 0 radical (unpaired) electrons. The molecule has 1 aliphatic carbocycles. The molecule has 1 atom stereocenters. The van der Waals surface area contributed by atoms with Crippen LogP contribution in [0.25, 0.3) is 0 Å². The third kappa shape index (κ3) is 2.33. The molecule has 1 saturated carbocycles. The Morgan fingerprint density at radius 2 is 1.70 bits per heavy atom. The first kappa shape index (κ1) is 15.0. The Morgan fingerprint density at radius 1 is 1.20 bits per heavy atom. The summed E-state index contributed by atoms with van der Waals surface area (Å²) in [5.41, 5.74) is 6.73. The molecule has 1 aliphatic rings. The van der Waals surface area contributed by atoms with Crippen LogP contribution >= 0.6 is 12.2 Å². The number of carbonyl (C=O) groups is 1. The predicted molar refractivity (Wildman–Crippen MR) is 85.2 cm³/mol. The van der Waals surface area contributed by atoms with Gasteiger partial charge in [0.15, 0.2) is 0 Å². The molecule has 1 fully saturated rings. The predicted octanol–water partition coefficient (Wildman–Crippen LogP) is 2.81. The van der Waals surface area contributed by atoms with E-state index in [9.17, 15) is 4.79 Å². The fourth-order valence-corrected chi connectivity index (χ4v) is 3.24. The number of nitrogens with two attached hydrogens (primary N) is 1. The molecule has 3 nitrogen and oxygen atoms in total. The summed E-state index contributed by atoms with van der Waals surface area (Å²) in [7, 11) is 0. The lowest BCUT2D eigenvalue weighted by Gasteiger charge is -2.18. The minimum Gasteiger partial charge on any atom is -0.391 e. The third-order valence-electron chi connectivity index (χ3n) is 4.99. The van der Waals surface area contributed by atoms with Crippen molar-refractivity contribution in [2.24, 2.45) is 22.5 Å². The largest absolute Gasteiger partial charge is 0.391 e. The zero-order valence-electron chi connectivity index (χ0n) is 12.4. The molecule has 1 unspecified atom stereocenters. The van der Waals surface area contributed by atoms with Crippen molar-refractivity contribution in [2.45, 2.75) is 33.7 Å². The normalized spacial score (nSPS) is 21.0. The average molecular weight is 290 g/mol. The summed E-state index contributed by atoms with van der Waals surface area (Å²) >= 11 is 5.10. The molecule has 4 heteroatoms. The number of hydrogen-bond acceptors (Lipinski definition) is 2. The van der Waals surface area contributed by atoms with Crippen LogP contribution in [0.5, 0.6) is 0 Å². The van der Waals surface area contributed by atoms with Gasteiger partial charge in [-0.2, -0.15) is 0 Å². The van der Waals surface area contributed by atoms with Crippen LogP contribution in [0, 0.1) is 16.7 Å². The van der Waals surface area contributed by atoms with Crippen LogP contribution in [-0.4, -0.2) is 10.9 Å². The van der Waals surface area contributed by atoms with E-state index in [4.69, 9.17) is 18.0 Å². The maximum Gasteiger partial charge on any atom is 0.225 e. The van der Waals surface area contributed by atoms with Gasteiger partial charge in [0, 0.05) is 5.92 Å². The summed E-state index contributed by atoms with van der Waals surface area (Å²) in [6, 6.07) is 9.21. The molecular formula is C16H22N2OS.